The standard InChI is InChI=1S/C13H10F3NO/c1-9-2-4-10(5-3-9)18-12-8-17-7-6-11(12)13(14,15)16/h2-8H,1H3. The van der Waals surface area contributed by atoms with E-state index in [4.69, 9.17) is 4.74 Å². The van der Waals surface area contributed by atoms with Gasteiger partial charge in [0.05, 0.1) is 6.20 Å². The van der Waals surface area contributed by atoms with Crippen LogP contribution in [0.2, 0.25) is 0 Å². The highest BCUT2D eigenvalue weighted by Crippen LogP contribution is 2.37. The minimum absolute atomic E-state index is 0.297. The zero-order valence-electron chi connectivity index (χ0n) is 9.53. The molecule has 0 atom stereocenters. The minimum Gasteiger partial charge on any atom is -0.455 e. The molecular formula is C13H10F3NO. The number of pyridine rings is 1. The highest BCUT2D eigenvalue weighted by atomic mass is 19.4. The zero-order valence-corrected chi connectivity index (χ0v) is 9.53. The van der Waals surface area contributed by atoms with E-state index in [-0.39, 0.29) is 5.75 Å². The molecular weight excluding hydrogens is 243 g/mol. The summed E-state index contributed by atoms with van der Waals surface area (Å²) in [5, 5.41) is 0. The summed E-state index contributed by atoms with van der Waals surface area (Å²) < 4.78 is 43.3. The second-order valence-electron chi connectivity index (χ2n) is 3.78. The molecule has 0 aliphatic carbocycles. The fourth-order valence-corrected chi connectivity index (χ4v) is 1.43. The Labute approximate surface area is 102 Å². The number of rotatable bonds is 2. The molecule has 1 aromatic carbocycles. The van der Waals surface area contributed by atoms with Gasteiger partial charge in [-0.15, -0.1) is 0 Å². The molecule has 2 nitrogen and oxygen atoms in total. The van der Waals surface area contributed by atoms with Crippen LogP contribution in [0, 0.1) is 6.92 Å². The molecule has 18 heavy (non-hydrogen) atoms. The summed E-state index contributed by atoms with van der Waals surface area (Å²) in [6.07, 6.45) is -2.31. The minimum atomic E-state index is -4.46. The fourth-order valence-electron chi connectivity index (χ4n) is 1.43. The van der Waals surface area contributed by atoms with E-state index in [2.05, 4.69) is 4.98 Å². The summed E-state index contributed by atoms with van der Waals surface area (Å²) in [6, 6.07) is 7.65. The molecule has 0 fully saturated rings. The van der Waals surface area contributed by atoms with Crippen LogP contribution in [0.5, 0.6) is 11.5 Å². The Morgan fingerprint density at radius 2 is 1.72 bits per heavy atom. The van der Waals surface area contributed by atoms with Crippen molar-refractivity contribution >= 4 is 0 Å². The van der Waals surface area contributed by atoms with Crippen LogP contribution in [0.25, 0.3) is 0 Å². The van der Waals surface area contributed by atoms with E-state index >= 15 is 0 Å². The third-order valence-electron chi connectivity index (χ3n) is 2.34. The van der Waals surface area contributed by atoms with Crippen molar-refractivity contribution in [2.75, 3.05) is 0 Å². The number of hydrogen-bond acceptors (Lipinski definition) is 2. The van der Waals surface area contributed by atoms with Crippen LogP contribution in [0.4, 0.5) is 13.2 Å². The predicted octanol–water partition coefficient (Wildman–Crippen LogP) is 4.20. The third kappa shape index (κ3) is 2.80. The van der Waals surface area contributed by atoms with E-state index < -0.39 is 11.7 Å². The molecule has 0 aliphatic rings. The van der Waals surface area contributed by atoms with Crippen LogP contribution in [0.3, 0.4) is 0 Å². The second-order valence-corrected chi connectivity index (χ2v) is 3.78. The van der Waals surface area contributed by atoms with Gasteiger partial charge in [0.25, 0.3) is 0 Å². The summed E-state index contributed by atoms with van der Waals surface area (Å²) in [5.41, 5.74) is 0.169. The zero-order chi connectivity index (χ0) is 13.2. The van der Waals surface area contributed by atoms with Crippen molar-refractivity contribution in [2.45, 2.75) is 13.1 Å². The molecule has 0 saturated carbocycles. The van der Waals surface area contributed by atoms with Crippen LogP contribution < -0.4 is 4.74 Å². The molecule has 0 amide bonds. The van der Waals surface area contributed by atoms with Crippen molar-refractivity contribution in [1.29, 1.82) is 0 Å². The van der Waals surface area contributed by atoms with Crippen LogP contribution in [-0.2, 0) is 6.18 Å². The first-order chi connectivity index (χ1) is 8.47. The highest BCUT2D eigenvalue weighted by Gasteiger charge is 2.34. The summed E-state index contributed by atoms with van der Waals surface area (Å²) in [4.78, 5) is 3.65. The molecule has 2 aromatic rings. The largest absolute Gasteiger partial charge is 0.455 e. The first kappa shape index (κ1) is 12.4. The van der Waals surface area contributed by atoms with Gasteiger partial charge in [0.2, 0.25) is 0 Å². The van der Waals surface area contributed by atoms with Gasteiger partial charge in [-0.05, 0) is 25.1 Å². The van der Waals surface area contributed by atoms with E-state index in [1.165, 1.54) is 0 Å². The second kappa shape index (κ2) is 4.68. The number of benzene rings is 1. The number of nitrogens with zero attached hydrogens (tertiary/aromatic N) is 1. The van der Waals surface area contributed by atoms with Gasteiger partial charge >= 0.3 is 6.18 Å². The smallest absolute Gasteiger partial charge is 0.420 e. The Morgan fingerprint density at radius 1 is 1.06 bits per heavy atom. The van der Waals surface area contributed by atoms with Crippen molar-refractivity contribution in [3.8, 4) is 11.5 Å². The average Bonchev–Trinajstić information content (AvgIpc) is 2.31. The number of hydrogen-bond donors (Lipinski definition) is 0. The first-order valence-corrected chi connectivity index (χ1v) is 5.22. The lowest BCUT2D eigenvalue weighted by molar-refractivity contribution is -0.138. The van der Waals surface area contributed by atoms with Crippen molar-refractivity contribution < 1.29 is 17.9 Å². The average molecular weight is 253 g/mol. The van der Waals surface area contributed by atoms with Crippen LogP contribution in [0.15, 0.2) is 42.7 Å². The number of halogens is 3. The topological polar surface area (TPSA) is 22.1 Å². The Morgan fingerprint density at radius 3 is 2.33 bits per heavy atom. The van der Waals surface area contributed by atoms with E-state index in [9.17, 15) is 13.2 Å². The number of aryl methyl sites for hydroxylation is 1. The summed E-state index contributed by atoms with van der Waals surface area (Å²) in [5.74, 6) is 0.0490. The lowest BCUT2D eigenvalue weighted by Crippen LogP contribution is -2.07. The quantitative estimate of drug-likeness (QED) is 0.800. The molecule has 0 spiro atoms. The van der Waals surface area contributed by atoms with Crippen molar-refractivity contribution in [3.05, 3.63) is 53.9 Å². The van der Waals surface area contributed by atoms with Crippen molar-refractivity contribution in [3.63, 3.8) is 0 Å². The molecule has 0 unspecified atom stereocenters. The third-order valence-corrected chi connectivity index (χ3v) is 2.34. The number of aromatic nitrogens is 1. The maximum absolute atomic E-state index is 12.7. The monoisotopic (exact) mass is 253 g/mol. The molecule has 1 heterocycles. The van der Waals surface area contributed by atoms with E-state index in [0.29, 0.717) is 5.75 Å². The SMILES string of the molecule is Cc1ccc(Oc2cnccc2C(F)(F)F)cc1. The Hall–Kier alpha value is -2.04. The predicted molar refractivity (Wildman–Crippen MR) is 60.5 cm³/mol. The number of alkyl halides is 3. The summed E-state index contributed by atoms with van der Waals surface area (Å²) in [6.45, 7) is 1.88. The van der Waals surface area contributed by atoms with Gasteiger partial charge in [-0.25, -0.2) is 0 Å². The lowest BCUT2D eigenvalue weighted by Gasteiger charge is -2.12. The Balaban J connectivity index is 2.32. The molecule has 0 bridgehead atoms. The summed E-state index contributed by atoms with van der Waals surface area (Å²) >= 11 is 0. The maximum Gasteiger partial charge on any atom is 0.420 e. The molecule has 94 valence electrons. The fraction of sp³-hybridized carbons (Fsp3) is 0.154. The molecule has 0 radical (unpaired) electrons. The van der Waals surface area contributed by atoms with Gasteiger partial charge in [0.1, 0.15) is 11.3 Å². The Bertz CT molecular complexity index is 535. The molecule has 2 rings (SSSR count). The number of ether oxygens (including phenoxy) is 1. The normalized spacial score (nSPS) is 11.3. The van der Waals surface area contributed by atoms with E-state index in [0.717, 1.165) is 24.0 Å². The van der Waals surface area contributed by atoms with Gasteiger partial charge < -0.3 is 4.74 Å². The maximum atomic E-state index is 12.7. The van der Waals surface area contributed by atoms with Gasteiger partial charge in [-0.1, -0.05) is 17.7 Å². The Kier molecular flexibility index (Phi) is 3.23. The van der Waals surface area contributed by atoms with Gasteiger partial charge in [-0.3, -0.25) is 4.98 Å². The van der Waals surface area contributed by atoms with Gasteiger partial charge in [-0.2, -0.15) is 13.2 Å². The molecule has 0 aliphatic heterocycles. The van der Waals surface area contributed by atoms with Gasteiger partial charge in [0.15, 0.2) is 5.75 Å². The molecule has 1 aromatic heterocycles. The van der Waals surface area contributed by atoms with Crippen LogP contribution in [-0.4, -0.2) is 4.98 Å². The molecule has 0 N–H and O–H groups in total. The first-order valence-electron chi connectivity index (χ1n) is 5.22. The highest BCUT2D eigenvalue weighted by molar-refractivity contribution is 5.37. The van der Waals surface area contributed by atoms with Crippen LogP contribution >= 0.6 is 0 Å². The molecule has 0 saturated heterocycles. The van der Waals surface area contributed by atoms with Crippen molar-refractivity contribution in [2.24, 2.45) is 0 Å². The van der Waals surface area contributed by atoms with E-state index in [1.54, 1.807) is 24.3 Å². The van der Waals surface area contributed by atoms with E-state index in [1.807, 2.05) is 6.92 Å². The molecule has 5 heteroatoms. The lowest BCUT2D eigenvalue weighted by atomic mass is 10.2. The van der Waals surface area contributed by atoms with Crippen LogP contribution in [0.1, 0.15) is 11.1 Å². The van der Waals surface area contributed by atoms with Crippen molar-refractivity contribution in [1.82, 2.24) is 4.98 Å². The van der Waals surface area contributed by atoms with Gasteiger partial charge in [0, 0.05) is 6.20 Å². The summed E-state index contributed by atoms with van der Waals surface area (Å²) in [7, 11) is 0.